The van der Waals surface area contributed by atoms with Crippen LogP contribution in [0.2, 0.25) is 0 Å². The summed E-state index contributed by atoms with van der Waals surface area (Å²) in [5.74, 6) is 0.683. The van der Waals surface area contributed by atoms with Crippen LogP contribution in [0, 0.1) is 5.92 Å². The van der Waals surface area contributed by atoms with Gasteiger partial charge >= 0.3 is 0 Å². The second-order valence-corrected chi connectivity index (χ2v) is 6.20. The quantitative estimate of drug-likeness (QED) is 0.850. The van der Waals surface area contributed by atoms with Crippen molar-refractivity contribution in [3.8, 4) is 0 Å². The average Bonchev–Trinajstić information content (AvgIpc) is 2.91. The van der Waals surface area contributed by atoms with Crippen molar-refractivity contribution >= 4 is 23.2 Å². The molecular weight excluding hydrogens is 260 g/mol. The first-order valence-electron chi connectivity index (χ1n) is 6.68. The number of carbonyl (C=O) groups excluding carboxylic acids is 2. The summed E-state index contributed by atoms with van der Waals surface area (Å²) >= 11 is 1.47. The van der Waals surface area contributed by atoms with Crippen LogP contribution in [-0.4, -0.2) is 47.8 Å². The lowest BCUT2D eigenvalue weighted by atomic mass is 10.1. The molecule has 2 heterocycles. The molecule has 104 valence electrons. The van der Waals surface area contributed by atoms with Crippen LogP contribution in [0.3, 0.4) is 0 Å². The molecule has 2 amide bonds. The standard InChI is InChI=1S/C14H20N2O2S/c1-11(2)10-13(17)15-5-7-16(8-6-15)14(18)12-4-3-9-19-12/h3-4,9,11H,5-8,10H2,1-2H3. The third kappa shape index (κ3) is 3.56. The zero-order valence-electron chi connectivity index (χ0n) is 11.5. The van der Waals surface area contributed by atoms with Gasteiger partial charge in [-0.1, -0.05) is 19.9 Å². The van der Waals surface area contributed by atoms with Crippen LogP contribution in [0.5, 0.6) is 0 Å². The van der Waals surface area contributed by atoms with Crippen molar-refractivity contribution in [1.82, 2.24) is 9.80 Å². The molecule has 1 fully saturated rings. The molecule has 0 radical (unpaired) electrons. The number of amides is 2. The van der Waals surface area contributed by atoms with Crippen LogP contribution in [0.4, 0.5) is 0 Å². The number of rotatable bonds is 3. The summed E-state index contributed by atoms with van der Waals surface area (Å²) in [6, 6.07) is 3.74. The molecule has 1 aromatic heterocycles. The molecule has 1 aliphatic heterocycles. The van der Waals surface area contributed by atoms with Crippen LogP contribution < -0.4 is 0 Å². The topological polar surface area (TPSA) is 40.6 Å². The van der Waals surface area contributed by atoms with Gasteiger partial charge < -0.3 is 9.80 Å². The molecule has 0 bridgehead atoms. The van der Waals surface area contributed by atoms with Crippen LogP contribution in [0.25, 0.3) is 0 Å². The van der Waals surface area contributed by atoms with Crippen LogP contribution in [-0.2, 0) is 4.79 Å². The monoisotopic (exact) mass is 280 g/mol. The summed E-state index contributed by atoms with van der Waals surface area (Å²) in [7, 11) is 0. The molecular formula is C14H20N2O2S. The first-order valence-corrected chi connectivity index (χ1v) is 7.56. The minimum Gasteiger partial charge on any atom is -0.339 e. The van der Waals surface area contributed by atoms with Crippen molar-refractivity contribution in [3.63, 3.8) is 0 Å². The number of thiophene rings is 1. The molecule has 1 aliphatic rings. The van der Waals surface area contributed by atoms with E-state index in [2.05, 4.69) is 13.8 Å². The van der Waals surface area contributed by atoms with E-state index in [1.54, 1.807) is 0 Å². The number of piperazine rings is 1. The molecule has 0 spiro atoms. The van der Waals surface area contributed by atoms with E-state index in [-0.39, 0.29) is 11.8 Å². The average molecular weight is 280 g/mol. The lowest BCUT2D eigenvalue weighted by molar-refractivity contribution is -0.133. The molecule has 0 aromatic carbocycles. The highest BCUT2D eigenvalue weighted by Gasteiger charge is 2.25. The van der Waals surface area contributed by atoms with Gasteiger partial charge in [-0.15, -0.1) is 11.3 Å². The summed E-state index contributed by atoms with van der Waals surface area (Å²) < 4.78 is 0. The Morgan fingerprint density at radius 1 is 1.21 bits per heavy atom. The molecule has 0 N–H and O–H groups in total. The van der Waals surface area contributed by atoms with Crippen LogP contribution in [0.1, 0.15) is 29.9 Å². The van der Waals surface area contributed by atoms with Crippen molar-refractivity contribution in [2.24, 2.45) is 5.92 Å². The van der Waals surface area contributed by atoms with E-state index in [9.17, 15) is 9.59 Å². The Labute approximate surface area is 118 Å². The SMILES string of the molecule is CC(C)CC(=O)N1CCN(C(=O)c2cccs2)CC1. The summed E-state index contributed by atoms with van der Waals surface area (Å²) in [6.45, 7) is 6.69. The summed E-state index contributed by atoms with van der Waals surface area (Å²) in [4.78, 5) is 28.6. The van der Waals surface area contributed by atoms with Gasteiger partial charge in [0.2, 0.25) is 5.91 Å². The maximum atomic E-state index is 12.1. The molecule has 0 unspecified atom stereocenters. The normalized spacial score (nSPS) is 15.9. The fraction of sp³-hybridized carbons (Fsp3) is 0.571. The molecule has 2 rings (SSSR count). The van der Waals surface area contributed by atoms with Crippen LogP contribution >= 0.6 is 11.3 Å². The predicted molar refractivity (Wildman–Crippen MR) is 76.3 cm³/mol. The van der Waals surface area contributed by atoms with E-state index in [1.807, 2.05) is 27.3 Å². The lowest BCUT2D eigenvalue weighted by Crippen LogP contribution is -2.50. The molecule has 5 heteroatoms. The fourth-order valence-electron chi connectivity index (χ4n) is 2.19. The van der Waals surface area contributed by atoms with Gasteiger partial charge in [0.1, 0.15) is 0 Å². The fourth-order valence-corrected chi connectivity index (χ4v) is 2.88. The Hall–Kier alpha value is -1.36. The van der Waals surface area contributed by atoms with Crippen LogP contribution in [0.15, 0.2) is 17.5 Å². The number of hydrogen-bond donors (Lipinski definition) is 0. The summed E-state index contributed by atoms with van der Waals surface area (Å²) in [6.07, 6.45) is 0.596. The van der Waals surface area contributed by atoms with E-state index in [0.29, 0.717) is 38.5 Å². The largest absolute Gasteiger partial charge is 0.339 e. The number of hydrogen-bond acceptors (Lipinski definition) is 3. The minimum absolute atomic E-state index is 0.0889. The molecule has 4 nitrogen and oxygen atoms in total. The number of carbonyl (C=O) groups is 2. The Morgan fingerprint density at radius 2 is 1.84 bits per heavy atom. The van der Waals surface area contributed by atoms with Gasteiger partial charge in [-0.05, 0) is 17.4 Å². The van der Waals surface area contributed by atoms with Gasteiger partial charge in [0.05, 0.1) is 4.88 Å². The smallest absolute Gasteiger partial charge is 0.264 e. The number of nitrogens with zero attached hydrogens (tertiary/aromatic N) is 2. The molecule has 0 saturated carbocycles. The first kappa shape index (κ1) is 14.1. The third-order valence-electron chi connectivity index (χ3n) is 3.23. The maximum Gasteiger partial charge on any atom is 0.264 e. The highest BCUT2D eigenvalue weighted by atomic mass is 32.1. The first-order chi connectivity index (χ1) is 9.08. The molecule has 1 aromatic rings. The zero-order chi connectivity index (χ0) is 13.8. The zero-order valence-corrected chi connectivity index (χ0v) is 12.3. The third-order valence-corrected chi connectivity index (χ3v) is 4.09. The van der Waals surface area contributed by atoms with Gasteiger partial charge in [0.25, 0.3) is 5.91 Å². The van der Waals surface area contributed by atoms with E-state index in [0.717, 1.165) is 4.88 Å². The van der Waals surface area contributed by atoms with Crippen molar-refractivity contribution < 1.29 is 9.59 Å². The van der Waals surface area contributed by atoms with Crippen molar-refractivity contribution in [2.45, 2.75) is 20.3 Å². The molecule has 19 heavy (non-hydrogen) atoms. The second kappa shape index (κ2) is 6.19. The second-order valence-electron chi connectivity index (χ2n) is 5.25. The predicted octanol–water partition coefficient (Wildman–Crippen LogP) is 2.08. The van der Waals surface area contributed by atoms with Crippen molar-refractivity contribution in [3.05, 3.63) is 22.4 Å². The van der Waals surface area contributed by atoms with Crippen molar-refractivity contribution in [1.29, 1.82) is 0 Å². The van der Waals surface area contributed by atoms with E-state index >= 15 is 0 Å². The Kier molecular flexibility index (Phi) is 4.58. The minimum atomic E-state index is 0.0889. The lowest BCUT2D eigenvalue weighted by Gasteiger charge is -2.35. The highest BCUT2D eigenvalue weighted by molar-refractivity contribution is 7.12. The highest BCUT2D eigenvalue weighted by Crippen LogP contribution is 2.14. The Bertz CT molecular complexity index is 434. The summed E-state index contributed by atoms with van der Waals surface area (Å²) in [5, 5.41) is 1.91. The van der Waals surface area contributed by atoms with E-state index in [4.69, 9.17) is 0 Å². The van der Waals surface area contributed by atoms with Gasteiger partial charge in [-0.3, -0.25) is 9.59 Å². The Morgan fingerprint density at radius 3 is 2.37 bits per heavy atom. The molecule has 1 saturated heterocycles. The molecule has 0 aliphatic carbocycles. The maximum absolute atomic E-state index is 12.1. The van der Waals surface area contributed by atoms with Gasteiger partial charge in [0.15, 0.2) is 0 Å². The molecule has 0 atom stereocenters. The van der Waals surface area contributed by atoms with E-state index < -0.39 is 0 Å². The van der Waals surface area contributed by atoms with Crippen molar-refractivity contribution in [2.75, 3.05) is 26.2 Å². The van der Waals surface area contributed by atoms with Gasteiger partial charge in [0, 0.05) is 32.6 Å². The van der Waals surface area contributed by atoms with Gasteiger partial charge in [-0.25, -0.2) is 0 Å². The van der Waals surface area contributed by atoms with Gasteiger partial charge in [-0.2, -0.15) is 0 Å². The summed E-state index contributed by atoms with van der Waals surface area (Å²) in [5.41, 5.74) is 0. The van der Waals surface area contributed by atoms with E-state index in [1.165, 1.54) is 11.3 Å². The Balaban J connectivity index is 1.86.